The molecule has 0 aliphatic carbocycles. The van der Waals surface area contributed by atoms with Gasteiger partial charge >= 0.3 is 5.97 Å². The van der Waals surface area contributed by atoms with E-state index in [1.54, 1.807) is 0 Å². The van der Waals surface area contributed by atoms with Crippen LogP contribution in [0.4, 0.5) is 14.5 Å². The molecule has 2 aromatic heterocycles. The van der Waals surface area contributed by atoms with Crippen LogP contribution in [0.2, 0.25) is 0 Å². The number of esters is 1. The van der Waals surface area contributed by atoms with Gasteiger partial charge in [0.05, 0.1) is 30.1 Å². The number of methoxy groups -OCH3 is 1. The monoisotopic (exact) mass is 375 g/mol. The zero-order valence-electron chi connectivity index (χ0n) is 13.3. The molecule has 0 saturated heterocycles. The smallest absolute Gasteiger partial charge is 0.340 e. The Morgan fingerprint density at radius 1 is 1.19 bits per heavy atom. The van der Waals surface area contributed by atoms with Crippen molar-refractivity contribution in [1.82, 2.24) is 9.97 Å². The average molecular weight is 375 g/mol. The van der Waals surface area contributed by atoms with Crippen molar-refractivity contribution in [3.05, 3.63) is 64.9 Å². The molecule has 26 heavy (non-hydrogen) atoms. The van der Waals surface area contributed by atoms with Crippen molar-refractivity contribution < 1.29 is 23.1 Å². The van der Waals surface area contributed by atoms with Crippen LogP contribution in [0.1, 0.15) is 20.8 Å². The number of carbonyl (C=O) groups excluding carboxylic acids is 2. The topological polar surface area (TPSA) is 81.2 Å². The number of thiazole rings is 1. The van der Waals surface area contributed by atoms with Gasteiger partial charge in [0.25, 0.3) is 5.91 Å². The highest BCUT2D eigenvalue weighted by atomic mass is 32.1. The number of carbonyl (C=O) groups is 2. The van der Waals surface area contributed by atoms with E-state index in [4.69, 9.17) is 0 Å². The van der Waals surface area contributed by atoms with Gasteiger partial charge in [0, 0.05) is 11.6 Å². The fourth-order valence-electron chi connectivity index (χ4n) is 2.16. The van der Waals surface area contributed by atoms with Gasteiger partial charge in [0.15, 0.2) is 0 Å². The lowest BCUT2D eigenvalue weighted by atomic mass is 10.2. The van der Waals surface area contributed by atoms with Gasteiger partial charge in [0.1, 0.15) is 22.3 Å². The molecule has 1 N–H and O–H groups in total. The predicted octanol–water partition coefficient (Wildman–Crippen LogP) is 3.52. The van der Waals surface area contributed by atoms with Crippen molar-refractivity contribution in [1.29, 1.82) is 0 Å². The van der Waals surface area contributed by atoms with Crippen molar-refractivity contribution in [2.75, 3.05) is 12.4 Å². The summed E-state index contributed by atoms with van der Waals surface area (Å²) in [4.78, 5) is 31.9. The molecular formula is C17H11F2N3O3S. The number of anilines is 1. The van der Waals surface area contributed by atoms with Crippen LogP contribution in [-0.2, 0) is 4.74 Å². The number of nitrogens with one attached hydrogen (secondary N) is 1. The largest absolute Gasteiger partial charge is 0.465 e. The van der Waals surface area contributed by atoms with Crippen molar-refractivity contribution in [2.45, 2.75) is 0 Å². The third kappa shape index (κ3) is 3.42. The molecule has 1 amide bonds. The normalized spacial score (nSPS) is 10.4. The van der Waals surface area contributed by atoms with Gasteiger partial charge in [-0.3, -0.25) is 9.78 Å². The van der Waals surface area contributed by atoms with E-state index in [-0.39, 0.29) is 27.5 Å². The zero-order valence-corrected chi connectivity index (χ0v) is 14.1. The summed E-state index contributed by atoms with van der Waals surface area (Å²) in [6.45, 7) is 0. The van der Waals surface area contributed by atoms with E-state index in [2.05, 4.69) is 20.0 Å². The molecule has 0 bridgehead atoms. The average Bonchev–Trinajstić information content (AvgIpc) is 3.11. The second-order valence-corrected chi connectivity index (χ2v) is 5.86. The molecule has 0 fully saturated rings. The number of benzene rings is 1. The Kier molecular flexibility index (Phi) is 4.99. The van der Waals surface area contributed by atoms with E-state index in [1.807, 2.05) is 0 Å². The van der Waals surface area contributed by atoms with Crippen LogP contribution in [0.15, 0.2) is 42.0 Å². The summed E-state index contributed by atoms with van der Waals surface area (Å²) in [5.41, 5.74) is -0.0945. The molecule has 0 unspecified atom stereocenters. The van der Waals surface area contributed by atoms with Crippen molar-refractivity contribution >= 4 is 28.9 Å². The van der Waals surface area contributed by atoms with Crippen LogP contribution in [0.5, 0.6) is 0 Å². The van der Waals surface area contributed by atoms with Crippen LogP contribution in [0.3, 0.4) is 0 Å². The van der Waals surface area contributed by atoms with Gasteiger partial charge < -0.3 is 10.1 Å². The first kappa shape index (κ1) is 17.6. The van der Waals surface area contributed by atoms with Gasteiger partial charge in [-0.2, -0.15) is 0 Å². The summed E-state index contributed by atoms with van der Waals surface area (Å²) in [7, 11) is 1.21. The summed E-state index contributed by atoms with van der Waals surface area (Å²) in [5.74, 6) is -2.84. The first-order valence-electron chi connectivity index (χ1n) is 7.25. The molecule has 132 valence electrons. The molecule has 9 heteroatoms. The lowest BCUT2D eigenvalue weighted by Gasteiger charge is -2.07. The number of nitrogens with zero attached hydrogens (tertiary/aromatic N) is 2. The third-order valence-electron chi connectivity index (χ3n) is 3.39. The van der Waals surface area contributed by atoms with Gasteiger partial charge in [-0.1, -0.05) is 6.07 Å². The van der Waals surface area contributed by atoms with E-state index in [0.29, 0.717) is 0 Å². The third-order valence-corrected chi connectivity index (χ3v) is 4.25. The molecule has 3 rings (SSSR count). The highest BCUT2D eigenvalue weighted by Crippen LogP contribution is 2.29. The van der Waals surface area contributed by atoms with E-state index in [9.17, 15) is 18.4 Å². The van der Waals surface area contributed by atoms with Crippen molar-refractivity contribution in [3.63, 3.8) is 0 Å². The molecule has 0 saturated carbocycles. The Morgan fingerprint density at radius 3 is 2.62 bits per heavy atom. The summed E-state index contributed by atoms with van der Waals surface area (Å²) in [6.07, 6.45) is 2.66. The summed E-state index contributed by atoms with van der Waals surface area (Å²) in [5, 5.41) is 3.89. The molecule has 3 aromatic rings. The fourth-order valence-corrected chi connectivity index (χ4v) is 3.01. The molecule has 0 aliphatic heterocycles. The van der Waals surface area contributed by atoms with Crippen molar-refractivity contribution in [2.24, 2.45) is 0 Å². The number of rotatable bonds is 4. The SMILES string of the molecule is COC(=O)c1ccncc1NC(=O)c1csc(-c2c(F)cccc2F)n1. The van der Waals surface area contributed by atoms with Crippen molar-refractivity contribution in [3.8, 4) is 10.6 Å². The quantitative estimate of drug-likeness (QED) is 0.706. The fraction of sp³-hybridized carbons (Fsp3) is 0.0588. The zero-order chi connectivity index (χ0) is 18.7. The Labute approximate surface area is 150 Å². The summed E-state index contributed by atoms with van der Waals surface area (Å²) in [6, 6.07) is 4.85. The van der Waals surface area contributed by atoms with E-state index in [1.165, 1.54) is 37.0 Å². The number of pyridine rings is 1. The maximum absolute atomic E-state index is 13.8. The van der Waals surface area contributed by atoms with Gasteiger partial charge in [0.2, 0.25) is 0 Å². The second-order valence-electron chi connectivity index (χ2n) is 5.00. The lowest BCUT2D eigenvalue weighted by molar-refractivity contribution is 0.0602. The Hall–Kier alpha value is -3.20. The molecule has 0 atom stereocenters. The lowest BCUT2D eigenvalue weighted by Crippen LogP contribution is -2.16. The standard InChI is InChI=1S/C17H11F2N3O3S/c1-25-17(24)9-5-6-20-7-12(9)21-15(23)13-8-26-16(22-13)14-10(18)3-2-4-11(14)19/h2-8H,1H3,(H,21,23). The molecule has 0 spiro atoms. The van der Waals surface area contributed by atoms with Crippen LogP contribution in [0, 0.1) is 11.6 Å². The number of amides is 1. The summed E-state index contributed by atoms with van der Waals surface area (Å²) < 4.78 is 32.3. The molecule has 2 heterocycles. The predicted molar refractivity (Wildman–Crippen MR) is 91.0 cm³/mol. The van der Waals surface area contributed by atoms with Crippen LogP contribution < -0.4 is 5.32 Å². The maximum atomic E-state index is 13.8. The van der Waals surface area contributed by atoms with Gasteiger partial charge in [-0.15, -0.1) is 11.3 Å². The number of halogens is 2. The van der Waals surface area contributed by atoms with Gasteiger partial charge in [-0.25, -0.2) is 18.6 Å². The summed E-state index contributed by atoms with van der Waals surface area (Å²) >= 11 is 0.926. The number of ether oxygens (including phenoxy) is 1. The minimum Gasteiger partial charge on any atom is -0.465 e. The molecule has 6 nitrogen and oxygen atoms in total. The van der Waals surface area contributed by atoms with Gasteiger partial charge in [-0.05, 0) is 18.2 Å². The number of hydrogen-bond acceptors (Lipinski definition) is 6. The van der Waals surface area contributed by atoms with E-state index >= 15 is 0 Å². The highest BCUT2D eigenvalue weighted by Gasteiger charge is 2.19. The molecule has 0 aliphatic rings. The molecule has 0 radical (unpaired) electrons. The van der Waals surface area contributed by atoms with E-state index < -0.39 is 23.5 Å². The Balaban J connectivity index is 1.87. The first-order chi connectivity index (χ1) is 12.5. The van der Waals surface area contributed by atoms with E-state index in [0.717, 1.165) is 23.5 Å². The maximum Gasteiger partial charge on any atom is 0.340 e. The Morgan fingerprint density at radius 2 is 1.92 bits per heavy atom. The minimum absolute atomic E-state index is 0.0325. The number of aromatic nitrogens is 2. The molecular weight excluding hydrogens is 364 g/mol. The highest BCUT2D eigenvalue weighted by molar-refractivity contribution is 7.13. The molecule has 1 aromatic carbocycles. The first-order valence-corrected chi connectivity index (χ1v) is 8.13. The number of hydrogen-bond donors (Lipinski definition) is 1. The van der Waals surface area contributed by atoms with Crippen LogP contribution in [0.25, 0.3) is 10.6 Å². The van der Waals surface area contributed by atoms with Crippen LogP contribution >= 0.6 is 11.3 Å². The second kappa shape index (κ2) is 7.36. The Bertz CT molecular complexity index is 971. The van der Waals surface area contributed by atoms with Crippen LogP contribution in [-0.4, -0.2) is 29.0 Å². The minimum atomic E-state index is -0.772.